The van der Waals surface area contributed by atoms with E-state index < -0.39 is 0 Å². The Balaban J connectivity index is 1.51. The summed E-state index contributed by atoms with van der Waals surface area (Å²) in [5, 5.41) is 0.843. The number of thioether (sulfide) groups is 1. The quantitative estimate of drug-likeness (QED) is 0.675. The number of hydrogen-bond acceptors (Lipinski definition) is 4. The van der Waals surface area contributed by atoms with Gasteiger partial charge in [0.25, 0.3) is 0 Å². The van der Waals surface area contributed by atoms with E-state index in [4.69, 9.17) is 4.74 Å². The van der Waals surface area contributed by atoms with Crippen LogP contribution in [-0.4, -0.2) is 34.7 Å². The average molecular weight is 353 g/mol. The molecule has 0 bridgehead atoms. The Morgan fingerprint density at radius 2 is 2.24 bits per heavy atom. The number of ether oxygens (including phenoxy) is 1. The van der Waals surface area contributed by atoms with Crippen molar-refractivity contribution in [2.45, 2.75) is 18.0 Å². The molecule has 0 spiro atoms. The number of nitrogens with zero attached hydrogens (tertiary/aromatic N) is 3. The summed E-state index contributed by atoms with van der Waals surface area (Å²) in [6.07, 6.45) is 5.75. The Labute approximate surface area is 150 Å². The summed E-state index contributed by atoms with van der Waals surface area (Å²) in [6, 6.07) is 11.9. The fraction of sp³-hybridized carbons (Fsp3) is 0.263. The number of aromatic nitrogens is 2. The van der Waals surface area contributed by atoms with Crippen LogP contribution in [0, 0.1) is 0 Å². The molecule has 1 aliphatic heterocycles. The molecule has 0 atom stereocenters. The minimum atomic E-state index is 0.115. The van der Waals surface area contributed by atoms with Gasteiger partial charge in [-0.25, -0.2) is 4.98 Å². The van der Waals surface area contributed by atoms with E-state index in [1.807, 2.05) is 58.1 Å². The molecule has 1 aromatic carbocycles. The second kappa shape index (κ2) is 6.80. The fourth-order valence-corrected chi connectivity index (χ4v) is 4.03. The van der Waals surface area contributed by atoms with E-state index >= 15 is 0 Å². The molecule has 0 radical (unpaired) electrons. The molecule has 1 aliphatic rings. The third-order valence-electron chi connectivity index (χ3n) is 4.44. The van der Waals surface area contributed by atoms with Crippen LogP contribution < -0.4 is 9.64 Å². The van der Waals surface area contributed by atoms with Crippen LogP contribution in [0.2, 0.25) is 0 Å². The van der Waals surface area contributed by atoms with Crippen LogP contribution in [-0.2, 0) is 11.2 Å². The average Bonchev–Trinajstić information content (AvgIpc) is 3.08. The summed E-state index contributed by atoms with van der Waals surface area (Å²) in [4.78, 5) is 19.1. The summed E-state index contributed by atoms with van der Waals surface area (Å²) < 4.78 is 7.30. The summed E-state index contributed by atoms with van der Waals surface area (Å²) in [5.41, 5.74) is 3.22. The van der Waals surface area contributed by atoms with E-state index in [1.165, 1.54) is 17.3 Å². The van der Waals surface area contributed by atoms with Gasteiger partial charge in [0, 0.05) is 18.4 Å². The van der Waals surface area contributed by atoms with Crippen LogP contribution >= 0.6 is 11.8 Å². The largest absolute Gasteiger partial charge is 0.497 e. The molecule has 0 N–H and O–H groups in total. The molecule has 128 valence electrons. The van der Waals surface area contributed by atoms with Crippen molar-refractivity contribution in [3.8, 4) is 5.75 Å². The number of amides is 1. The number of aryl methyl sites for hydroxylation is 1. The Bertz CT molecular complexity index is 922. The highest BCUT2D eigenvalue weighted by Crippen LogP contribution is 2.31. The summed E-state index contributed by atoms with van der Waals surface area (Å²) in [5.74, 6) is 1.33. The minimum Gasteiger partial charge on any atom is -0.497 e. The van der Waals surface area contributed by atoms with Crippen LogP contribution in [0.5, 0.6) is 5.75 Å². The number of imidazole rings is 1. The van der Waals surface area contributed by atoms with Crippen molar-refractivity contribution in [3.63, 3.8) is 0 Å². The number of carbonyl (C=O) groups is 1. The Morgan fingerprint density at radius 3 is 3.12 bits per heavy atom. The summed E-state index contributed by atoms with van der Waals surface area (Å²) in [6.45, 7) is 0.765. The zero-order chi connectivity index (χ0) is 17.2. The Hall–Kier alpha value is -2.47. The van der Waals surface area contributed by atoms with Gasteiger partial charge in [0.05, 0.1) is 24.6 Å². The summed E-state index contributed by atoms with van der Waals surface area (Å²) >= 11 is 1.48. The van der Waals surface area contributed by atoms with Crippen molar-refractivity contribution in [3.05, 3.63) is 54.4 Å². The van der Waals surface area contributed by atoms with Gasteiger partial charge in [0.2, 0.25) is 5.91 Å². The zero-order valence-electron chi connectivity index (χ0n) is 14.0. The zero-order valence-corrected chi connectivity index (χ0v) is 14.8. The second-order valence-corrected chi connectivity index (χ2v) is 6.91. The molecule has 25 heavy (non-hydrogen) atoms. The van der Waals surface area contributed by atoms with Gasteiger partial charge in [-0.1, -0.05) is 17.8 Å². The van der Waals surface area contributed by atoms with Crippen LogP contribution in [0.3, 0.4) is 0 Å². The number of carbonyl (C=O) groups excluding carboxylic acids is 1. The van der Waals surface area contributed by atoms with E-state index in [-0.39, 0.29) is 5.91 Å². The van der Waals surface area contributed by atoms with Crippen LogP contribution in [0.25, 0.3) is 5.52 Å². The standard InChI is InChI=1S/C19H19N3O2S/c1-24-16-7-8-17-14(11-16)5-4-10-22(17)18(23)13-25-19-20-12-15-6-2-3-9-21(15)19/h2-3,6-9,11-12H,4-5,10,13H2,1H3. The van der Waals surface area contributed by atoms with Crippen molar-refractivity contribution in [1.82, 2.24) is 9.38 Å². The molecule has 0 saturated heterocycles. The maximum atomic E-state index is 12.8. The summed E-state index contributed by atoms with van der Waals surface area (Å²) in [7, 11) is 1.67. The number of methoxy groups -OCH3 is 1. The van der Waals surface area contributed by atoms with Gasteiger partial charge in [-0.3, -0.25) is 9.20 Å². The van der Waals surface area contributed by atoms with Crippen molar-refractivity contribution >= 4 is 28.9 Å². The number of hydrogen-bond donors (Lipinski definition) is 0. The van der Waals surface area contributed by atoms with Crippen LogP contribution in [0.15, 0.2) is 53.9 Å². The second-order valence-electron chi connectivity index (χ2n) is 5.97. The first kappa shape index (κ1) is 16.0. The third kappa shape index (κ3) is 3.09. The SMILES string of the molecule is COc1ccc2c(c1)CCCN2C(=O)CSc1ncc2ccccn12. The van der Waals surface area contributed by atoms with Crippen molar-refractivity contribution < 1.29 is 9.53 Å². The number of benzene rings is 1. The van der Waals surface area contributed by atoms with Crippen molar-refractivity contribution in [2.24, 2.45) is 0 Å². The predicted molar refractivity (Wildman–Crippen MR) is 99.6 cm³/mol. The molecule has 3 heterocycles. The molecule has 0 aliphatic carbocycles. The number of anilines is 1. The number of pyridine rings is 1. The molecule has 0 fully saturated rings. The molecule has 1 amide bonds. The lowest BCUT2D eigenvalue weighted by molar-refractivity contribution is -0.116. The van der Waals surface area contributed by atoms with Gasteiger partial charge >= 0.3 is 0 Å². The fourth-order valence-electron chi connectivity index (χ4n) is 3.19. The normalized spacial score (nSPS) is 13.7. The third-order valence-corrected chi connectivity index (χ3v) is 5.39. The predicted octanol–water partition coefficient (Wildman–Crippen LogP) is 3.41. The molecular weight excluding hydrogens is 334 g/mol. The van der Waals surface area contributed by atoms with E-state index in [0.29, 0.717) is 5.75 Å². The molecule has 5 nitrogen and oxygen atoms in total. The van der Waals surface area contributed by atoms with Crippen molar-refractivity contribution in [1.29, 1.82) is 0 Å². The first-order valence-corrected chi connectivity index (χ1v) is 9.27. The molecule has 3 aromatic rings. The first-order valence-electron chi connectivity index (χ1n) is 8.28. The number of rotatable bonds is 4. The molecular formula is C19H19N3O2S. The highest BCUT2D eigenvalue weighted by Gasteiger charge is 2.23. The Kier molecular flexibility index (Phi) is 4.36. The molecule has 0 unspecified atom stereocenters. The van der Waals surface area contributed by atoms with Gasteiger partial charge in [-0.05, 0) is 48.7 Å². The van der Waals surface area contributed by atoms with E-state index in [9.17, 15) is 4.79 Å². The first-order chi connectivity index (χ1) is 12.3. The molecule has 6 heteroatoms. The lowest BCUT2D eigenvalue weighted by atomic mass is 10.0. The van der Waals surface area contributed by atoms with Gasteiger partial charge in [-0.2, -0.15) is 0 Å². The van der Waals surface area contributed by atoms with Crippen LogP contribution in [0.4, 0.5) is 5.69 Å². The van der Waals surface area contributed by atoms with Gasteiger partial charge < -0.3 is 9.64 Å². The van der Waals surface area contributed by atoms with Gasteiger partial charge in [0.15, 0.2) is 5.16 Å². The minimum absolute atomic E-state index is 0.115. The maximum Gasteiger partial charge on any atom is 0.237 e. The van der Waals surface area contributed by atoms with Gasteiger partial charge in [-0.15, -0.1) is 0 Å². The monoisotopic (exact) mass is 353 g/mol. The topological polar surface area (TPSA) is 46.8 Å². The van der Waals surface area contributed by atoms with E-state index in [1.54, 1.807) is 7.11 Å². The smallest absolute Gasteiger partial charge is 0.237 e. The van der Waals surface area contributed by atoms with E-state index in [2.05, 4.69) is 4.98 Å². The molecule has 0 saturated carbocycles. The molecule has 4 rings (SSSR count). The van der Waals surface area contributed by atoms with E-state index in [0.717, 1.165) is 41.5 Å². The van der Waals surface area contributed by atoms with Crippen LogP contribution in [0.1, 0.15) is 12.0 Å². The highest BCUT2D eigenvalue weighted by molar-refractivity contribution is 7.99. The molecule has 2 aromatic heterocycles. The maximum absolute atomic E-state index is 12.8. The number of fused-ring (bicyclic) bond motifs is 2. The Morgan fingerprint density at radius 1 is 1.32 bits per heavy atom. The highest BCUT2D eigenvalue weighted by atomic mass is 32.2. The van der Waals surface area contributed by atoms with Gasteiger partial charge in [0.1, 0.15) is 5.75 Å². The lowest BCUT2D eigenvalue weighted by Gasteiger charge is -2.29. The lowest BCUT2D eigenvalue weighted by Crippen LogP contribution is -2.36. The van der Waals surface area contributed by atoms with Crippen molar-refractivity contribution in [2.75, 3.05) is 24.3 Å².